The van der Waals surface area contributed by atoms with Crippen LogP contribution in [-0.4, -0.2) is 107 Å². The molecule has 3 heterocycles. The van der Waals surface area contributed by atoms with Crippen molar-refractivity contribution in [3.63, 3.8) is 0 Å². The van der Waals surface area contributed by atoms with Crippen molar-refractivity contribution < 1.29 is 40.5 Å². The van der Waals surface area contributed by atoms with Gasteiger partial charge in [0.2, 0.25) is 0 Å². The number of piperidine rings is 2. The smallest absolute Gasteiger partial charge is 0.196 e. The number of hydrogen-bond donors (Lipinski definition) is 7. The summed E-state index contributed by atoms with van der Waals surface area (Å²) in [6.45, 7) is 7.40. The van der Waals surface area contributed by atoms with Crippen LogP contribution in [0, 0.1) is 40.9 Å². The zero-order chi connectivity index (χ0) is 25.8. The number of ether oxygens (including phenoxy) is 1. The van der Waals surface area contributed by atoms with Crippen molar-refractivity contribution in [1.82, 2.24) is 4.90 Å². The van der Waals surface area contributed by atoms with Gasteiger partial charge in [0.25, 0.3) is 0 Å². The third-order valence-corrected chi connectivity index (χ3v) is 12.8. The Morgan fingerprint density at radius 1 is 0.946 bits per heavy atom. The van der Waals surface area contributed by atoms with Crippen molar-refractivity contribution in [3.05, 3.63) is 0 Å². The van der Waals surface area contributed by atoms with Gasteiger partial charge in [-0.25, -0.2) is 0 Å². The molecule has 7 rings (SSSR count). The molecule has 3 aliphatic heterocycles. The summed E-state index contributed by atoms with van der Waals surface area (Å²) in [7, 11) is 0. The molecule has 9 nitrogen and oxygen atoms in total. The Hall–Kier alpha value is -0.0700. The van der Waals surface area contributed by atoms with Crippen LogP contribution in [0.3, 0.4) is 0 Å². The Bertz CT molecular complexity index is 971. The van der Waals surface area contributed by atoms with Crippen molar-refractivity contribution in [2.75, 3.05) is 13.1 Å². The Balaban J connectivity index is 0.00000252. The molecule has 1 spiro atoms. The van der Waals surface area contributed by atoms with Gasteiger partial charge in [-0.05, 0) is 63.2 Å². The molecule has 7 aliphatic rings. The molecule has 10 heteroatoms. The molecular weight excluding hydrogens is 502 g/mol. The summed E-state index contributed by atoms with van der Waals surface area (Å²) in [5.41, 5.74) is -4.88. The second kappa shape index (κ2) is 7.81. The van der Waals surface area contributed by atoms with Crippen molar-refractivity contribution in [2.24, 2.45) is 40.9 Å². The van der Waals surface area contributed by atoms with E-state index in [9.17, 15) is 35.7 Å². The molecule has 212 valence electrons. The Morgan fingerprint density at radius 2 is 1.65 bits per heavy atom. The van der Waals surface area contributed by atoms with Gasteiger partial charge in [-0.2, -0.15) is 0 Å². The third-order valence-electron chi connectivity index (χ3n) is 12.8. The summed E-state index contributed by atoms with van der Waals surface area (Å²) in [5, 5.41) is 81.4. The molecule has 4 aliphatic carbocycles. The van der Waals surface area contributed by atoms with Crippen molar-refractivity contribution >= 4 is 12.4 Å². The predicted molar refractivity (Wildman–Crippen MR) is 133 cm³/mol. The summed E-state index contributed by atoms with van der Waals surface area (Å²) in [6.07, 6.45) is -1.92. The highest BCUT2D eigenvalue weighted by molar-refractivity contribution is 5.85. The van der Waals surface area contributed by atoms with E-state index in [1.54, 1.807) is 6.92 Å². The van der Waals surface area contributed by atoms with Gasteiger partial charge >= 0.3 is 0 Å². The first kappa shape index (κ1) is 27.1. The van der Waals surface area contributed by atoms with Gasteiger partial charge in [0.1, 0.15) is 17.8 Å². The number of aliphatic hydroxyl groups excluding tert-OH is 4. The minimum atomic E-state index is -1.85. The van der Waals surface area contributed by atoms with Crippen LogP contribution in [0.25, 0.3) is 0 Å². The van der Waals surface area contributed by atoms with Gasteiger partial charge in [0.05, 0.1) is 23.4 Å². The molecule has 4 saturated carbocycles. The number of fused-ring (bicyclic) bond motifs is 5. The molecule has 0 aromatic carbocycles. The molecule has 0 aromatic rings. The molecule has 7 N–H and O–H groups in total. The molecule has 0 radical (unpaired) electrons. The summed E-state index contributed by atoms with van der Waals surface area (Å²) in [4.78, 5) is 2.30. The zero-order valence-electron chi connectivity index (χ0n) is 21.9. The van der Waals surface area contributed by atoms with E-state index in [-0.39, 0.29) is 30.8 Å². The van der Waals surface area contributed by atoms with Crippen LogP contribution in [0.5, 0.6) is 0 Å². The fraction of sp³-hybridized carbons (Fsp3) is 1.00. The average molecular weight is 546 g/mol. The summed E-state index contributed by atoms with van der Waals surface area (Å²) < 4.78 is 6.51. The molecule has 3 saturated heterocycles. The maximum absolute atomic E-state index is 12.5. The van der Waals surface area contributed by atoms with E-state index in [1.807, 2.05) is 6.92 Å². The van der Waals surface area contributed by atoms with Gasteiger partial charge in [0, 0.05) is 42.3 Å². The number of hydrogen-bond acceptors (Lipinski definition) is 9. The zero-order valence-corrected chi connectivity index (χ0v) is 22.7. The number of halogens is 1. The standard InChI is InChI=1S/C27H43NO8.ClH/c1-12-4-5-17-24(3,33)19-13(11-28(17)10-12)14-9-25-21(26(14,34)22(32)20(19)31)15(29)8-16-23(25,2)7-6-18(30)27(16,35)36-25;/h12-22,29-35H,4-11H2,1-3H3;1H/t12-,13-,14-,15+,16-,17-,18-,19+,20+,21+,22-,23-,24+,25+,26-,27+;/m0./s1. The number of rotatable bonds is 0. The van der Waals surface area contributed by atoms with Crippen LogP contribution in [0.15, 0.2) is 0 Å². The van der Waals surface area contributed by atoms with Crippen LogP contribution >= 0.6 is 12.4 Å². The minimum absolute atomic E-state index is 0. The Kier molecular flexibility index (Phi) is 5.72. The maximum Gasteiger partial charge on any atom is 0.196 e. The molecule has 4 bridgehead atoms. The molecule has 0 amide bonds. The molecule has 16 atom stereocenters. The molecule has 7 fully saturated rings. The normalized spacial score (nSPS) is 66.2. The van der Waals surface area contributed by atoms with Crippen LogP contribution < -0.4 is 0 Å². The average Bonchev–Trinajstić information content (AvgIpc) is 3.08. The second-order valence-electron chi connectivity index (χ2n) is 14.2. The summed E-state index contributed by atoms with van der Waals surface area (Å²) >= 11 is 0. The largest absolute Gasteiger partial charge is 0.393 e. The fourth-order valence-electron chi connectivity index (χ4n) is 11.4. The van der Waals surface area contributed by atoms with E-state index >= 15 is 0 Å². The van der Waals surface area contributed by atoms with E-state index in [2.05, 4.69) is 11.8 Å². The predicted octanol–water partition coefficient (Wildman–Crippen LogP) is -0.392. The van der Waals surface area contributed by atoms with E-state index in [0.717, 1.165) is 19.4 Å². The van der Waals surface area contributed by atoms with E-state index < -0.39 is 76.1 Å². The molecule has 0 unspecified atom stereocenters. The maximum atomic E-state index is 12.5. The highest BCUT2D eigenvalue weighted by atomic mass is 35.5. The van der Waals surface area contributed by atoms with Gasteiger partial charge in [0.15, 0.2) is 5.79 Å². The topological polar surface area (TPSA) is 154 Å². The first-order valence-electron chi connectivity index (χ1n) is 14.1. The van der Waals surface area contributed by atoms with Crippen molar-refractivity contribution in [3.8, 4) is 0 Å². The lowest BCUT2D eigenvalue weighted by atomic mass is 9.49. The molecule has 0 aromatic heterocycles. The van der Waals surface area contributed by atoms with Gasteiger partial charge in [-0.3, -0.25) is 4.90 Å². The lowest BCUT2D eigenvalue weighted by Crippen LogP contribution is -2.76. The van der Waals surface area contributed by atoms with E-state index in [1.165, 1.54) is 0 Å². The summed E-state index contributed by atoms with van der Waals surface area (Å²) in [6, 6.07) is -0.130. The van der Waals surface area contributed by atoms with Crippen molar-refractivity contribution in [2.45, 2.75) is 112 Å². The minimum Gasteiger partial charge on any atom is -0.393 e. The fourth-order valence-corrected chi connectivity index (χ4v) is 11.4. The van der Waals surface area contributed by atoms with Crippen LogP contribution in [-0.2, 0) is 4.74 Å². The SMILES string of the molecule is C[C@H]1CC[C@@H]2N(C1)C[C@@H]1[C@H]([C@@H](O)[C@H](O)[C@]3(O)[C@H]1C[C@@]14O[C@]5(O)[C@@H](C[C@@H](O)[C@@H]31)[C@]4(C)CC[C@@H]5O)[C@]2(C)O.Cl. The lowest BCUT2D eigenvalue weighted by molar-refractivity contribution is -0.295. The lowest BCUT2D eigenvalue weighted by Gasteiger charge is -2.63. The van der Waals surface area contributed by atoms with Crippen LogP contribution in [0.2, 0.25) is 0 Å². The highest BCUT2D eigenvalue weighted by Gasteiger charge is 2.86. The molecule has 37 heavy (non-hydrogen) atoms. The summed E-state index contributed by atoms with van der Waals surface area (Å²) in [5.74, 6) is -4.29. The quantitative estimate of drug-likeness (QED) is 0.215. The third kappa shape index (κ3) is 2.83. The van der Waals surface area contributed by atoms with Crippen molar-refractivity contribution in [1.29, 1.82) is 0 Å². The van der Waals surface area contributed by atoms with Gasteiger partial charge in [-0.15, -0.1) is 12.4 Å². The Labute approximate surface area is 224 Å². The second-order valence-corrected chi connectivity index (χ2v) is 14.2. The first-order chi connectivity index (χ1) is 16.7. The number of nitrogens with zero attached hydrogens (tertiary/aromatic N) is 1. The van der Waals surface area contributed by atoms with Gasteiger partial charge in [-0.1, -0.05) is 13.8 Å². The monoisotopic (exact) mass is 545 g/mol. The van der Waals surface area contributed by atoms with Gasteiger partial charge < -0.3 is 40.5 Å². The number of aliphatic hydroxyl groups is 7. The van der Waals surface area contributed by atoms with Crippen LogP contribution in [0.1, 0.15) is 59.3 Å². The first-order valence-corrected chi connectivity index (χ1v) is 14.1. The van der Waals surface area contributed by atoms with Crippen LogP contribution in [0.4, 0.5) is 0 Å². The molecular formula is C27H44ClNO8. The van der Waals surface area contributed by atoms with E-state index in [0.29, 0.717) is 31.7 Å². The van der Waals surface area contributed by atoms with E-state index in [4.69, 9.17) is 4.74 Å². The Morgan fingerprint density at radius 3 is 2.35 bits per heavy atom. The highest BCUT2D eigenvalue weighted by Crippen LogP contribution is 2.76.